The molecule has 1 aliphatic carbocycles. The van der Waals surface area contributed by atoms with Gasteiger partial charge in [0.1, 0.15) is 10.1 Å². The molecule has 174 valence electrons. The standard InChI is InChI=1S/C27H20N2O5S.Na/c28-25-22(35(32,33)34)15-21(23-24(25)27(31)20-9-5-4-8-19(20)26(23)30)29-18-12-10-17(11-13-18)14-16-6-2-1-3-7-16;/h1-13,15,29H,14,28H2,(H,32,33,34);/q;+1/p-1. The summed E-state index contributed by atoms with van der Waals surface area (Å²) in [5, 5.41) is 3.01. The van der Waals surface area contributed by atoms with Crippen molar-refractivity contribution in [1.82, 2.24) is 0 Å². The van der Waals surface area contributed by atoms with Gasteiger partial charge in [0.15, 0.2) is 11.6 Å². The topological polar surface area (TPSA) is 129 Å². The predicted molar refractivity (Wildman–Crippen MR) is 131 cm³/mol. The largest absolute Gasteiger partial charge is 1.00 e. The second-order valence-corrected chi connectivity index (χ2v) is 9.58. The number of carbonyl (C=O) groups excluding carboxylic acids is 2. The number of benzene rings is 4. The number of hydrogen-bond acceptors (Lipinski definition) is 7. The Balaban J connectivity index is 0.00000304. The summed E-state index contributed by atoms with van der Waals surface area (Å²) in [5.74, 6) is -1.10. The first-order valence-corrected chi connectivity index (χ1v) is 12.2. The van der Waals surface area contributed by atoms with Crippen LogP contribution in [-0.4, -0.2) is 24.5 Å². The molecule has 4 aromatic rings. The third-order valence-electron chi connectivity index (χ3n) is 5.95. The molecule has 0 amide bonds. The van der Waals surface area contributed by atoms with Gasteiger partial charge in [-0.2, -0.15) is 0 Å². The Morgan fingerprint density at radius 1 is 0.750 bits per heavy atom. The molecular weight excluding hydrogens is 487 g/mol. The molecule has 1 aliphatic rings. The molecule has 0 saturated carbocycles. The smallest absolute Gasteiger partial charge is 0.744 e. The molecule has 5 rings (SSSR count). The van der Waals surface area contributed by atoms with Crippen LogP contribution in [0, 0.1) is 0 Å². The molecule has 0 saturated heterocycles. The first-order valence-electron chi connectivity index (χ1n) is 10.7. The number of rotatable bonds is 5. The maximum atomic E-state index is 13.4. The molecule has 9 heteroatoms. The van der Waals surface area contributed by atoms with Crippen LogP contribution in [0.5, 0.6) is 0 Å². The molecule has 0 aliphatic heterocycles. The molecule has 7 nitrogen and oxygen atoms in total. The first kappa shape index (κ1) is 25.8. The van der Waals surface area contributed by atoms with Crippen LogP contribution < -0.4 is 40.6 Å². The number of hydrogen-bond donors (Lipinski definition) is 2. The predicted octanol–water partition coefficient (Wildman–Crippen LogP) is 1.29. The fourth-order valence-electron chi connectivity index (χ4n) is 4.29. The molecule has 0 radical (unpaired) electrons. The number of carbonyl (C=O) groups is 2. The number of ketones is 2. The molecule has 0 aromatic heterocycles. The monoisotopic (exact) mass is 506 g/mol. The van der Waals surface area contributed by atoms with Gasteiger partial charge in [-0.25, -0.2) is 8.42 Å². The minimum atomic E-state index is -5.02. The van der Waals surface area contributed by atoms with E-state index in [0.717, 1.165) is 23.6 Å². The van der Waals surface area contributed by atoms with Gasteiger partial charge in [-0.15, -0.1) is 0 Å². The Morgan fingerprint density at radius 2 is 1.28 bits per heavy atom. The molecule has 0 fully saturated rings. The van der Waals surface area contributed by atoms with Crippen molar-refractivity contribution in [3.8, 4) is 0 Å². The second kappa shape index (κ2) is 10.0. The third-order valence-corrected chi connectivity index (χ3v) is 6.83. The summed E-state index contributed by atoms with van der Waals surface area (Å²) in [6.45, 7) is 0. The summed E-state index contributed by atoms with van der Waals surface area (Å²) < 4.78 is 35.8. The van der Waals surface area contributed by atoms with Crippen LogP contribution in [0.1, 0.15) is 43.0 Å². The van der Waals surface area contributed by atoms with Crippen LogP contribution in [0.3, 0.4) is 0 Å². The normalized spacial score (nSPS) is 12.4. The second-order valence-electron chi connectivity index (χ2n) is 8.23. The van der Waals surface area contributed by atoms with Crippen molar-refractivity contribution < 1.29 is 52.1 Å². The maximum absolute atomic E-state index is 13.4. The molecule has 0 spiro atoms. The van der Waals surface area contributed by atoms with Crippen molar-refractivity contribution in [3.05, 3.63) is 118 Å². The summed E-state index contributed by atoms with van der Waals surface area (Å²) in [6.07, 6.45) is 0.723. The van der Waals surface area contributed by atoms with E-state index in [1.165, 1.54) is 12.1 Å². The fraction of sp³-hybridized carbons (Fsp3) is 0.0370. The Bertz CT molecular complexity index is 1600. The molecular formula is C27H19N2NaO5S. The van der Waals surface area contributed by atoms with E-state index >= 15 is 0 Å². The SMILES string of the molecule is Nc1c(S(=O)(=O)[O-])cc(Nc2ccc(Cc3ccccc3)cc2)c2c1C(=O)c1ccccc1C2=O.[Na+]. The number of anilines is 3. The molecule has 4 aromatic carbocycles. The van der Waals surface area contributed by atoms with E-state index in [1.54, 1.807) is 24.3 Å². The first-order chi connectivity index (χ1) is 16.7. The summed E-state index contributed by atoms with van der Waals surface area (Å²) in [7, 11) is -5.02. The number of fused-ring (bicyclic) bond motifs is 2. The van der Waals surface area contributed by atoms with Gasteiger partial charge in [0.2, 0.25) is 0 Å². The average Bonchev–Trinajstić information content (AvgIpc) is 2.84. The van der Waals surface area contributed by atoms with E-state index in [0.29, 0.717) is 5.69 Å². The van der Waals surface area contributed by atoms with Crippen molar-refractivity contribution in [2.24, 2.45) is 0 Å². The van der Waals surface area contributed by atoms with Gasteiger partial charge in [0.05, 0.1) is 27.4 Å². The molecule has 0 heterocycles. The van der Waals surface area contributed by atoms with E-state index < -0.39 is 32.3 Å². The van der Waals surface area contributed by atoms with Crippen LogP contribution in [-0.2, 0) is 16.5 Å². The number of nitrogens with one attached hydrogen (secondary N) is 1. The zero-order valence-corrected chi connectivity index (χ0v) is 22.1. The van der Waals surface area contributed by atoms with Gasteiger partial charge in [0, 0.05) is 16.8 Å². The van der Waals surface area contributed by atoms with Gasteiger partial charge in [0.25, 0.3) is 0 Å². The summed E-state index contributed by atoms with van der Waals surface area (Å²) in [5.41, 5.74) is 8.15. The van der Waals surface area contributed by atoms with E-state index in [4.69, 9.17) is 5.73 Å². The maximum Gasteiger partial charge on any atom is 1.00 e. The summed E-state index contributed by atoms with van der Waals surface area (Å²) in [4.78, 5) is 25.8. The van der Waals surface area contributed by atoms with Crippen molar-refractivity contribution in [3.63, 3.8) is 0 Å². The Kier molecular flexibility index (Phi) is 7.17. The van der Waals surface area contributed by atoms with Gasteiger partial charge < -0.3 is 15.6 Å². The zero-order chi connectivity index (χ0) is 24.7. The fourth-order valence-corrected chi connectivity index (χ4v) is 4.93. The van der Waals surface area contributed by atoms with Crippen LogP contribution in [0.4, 0.5) is 17.1 Å². The Labute approximate surface area is 230 Å². The van der Waals surface area contributed by atoms with Crippen LogP contribution in [0.2, 0.25) is 0 Å². The number of nitrogens with two attached hydrogens (primary N) is 1. The molecule has 0 atom stereocenters. The molecule has 0 bridgehead atoms. The minimum absolute atomic E-state index is 0. The Hall–Kier alpha value is -3.27. The van der Waals surface area contributed by atoms with Crippen molar-refractivity contribution in [2.75, 3.05) is 11.1 Å². The minimum Gasteiger partial charge on any atom is -0.744 e. The van der Waals surface area contributed by atoms with E-state index in [1.807, 2.05) is 42.5 Å². The van der Waals surface area contributed by atoms with Crippen LogP contribution >= 0.6 is 0 Å². The van der Waals surface area contributed by atoms with Gasteiger partial charge >= 0.3 is 29.6 Å². The molecule has 36 heavy (non-hydrogen) atoms. The average molecular weight is 507 g/mol. The van der Waals surface area contributed by atoms with Gasteiger partial charge in [-0.05, 0) is 35.7 Å². The van der Waals surface area contributed by atoms with E-state index in [9.17, 15) is 22.6 Å². The van der Waals surface area contributed by atoms with Crippen LogP contribution in [0.25, 0.3) is 0 Å². The number of nitrogen functional groups attached to an aromatic ring is 1. The van der Waals surface area contributed by atoms with E-state index in [2.05, 4.69) is 5.32 Å². The Morgan fingerprint density at radius 3 is 1.86 bits per heavy atom. The molecule has 3 N–H and O–H groups in total. The quantitative estimate of drug-likeness (QED) is 0.209. The van der Waals surface area contributed by atoms with Crippen LogP contribution in [0.15, 0.2) is 89.8 Å². The van der Waals surface area contributed by atoms with Gasteiger partial charge in [-0.1, -0.05) is 66.7 Å². The summed E-state index contributed by atoms with van der Waals surface area (Å²) >= 11 is 0. The molecule has 0 unspecified atom stereocenters. The van der Waals surface area contributed by atoms with E-state index in [-0.39, 0.29) is 57.5 Å². The van der Waals surface area contributed by atoms with Crippen molar-refractivity contribution in [1.29, 1.82) is 0 Å². The van der Waals surface area contributed by atoms with Crippen molar-refractivity contribution in [2.45, 2.75) is 11.3 Å². The summed E-state index contributed by atoms with van der Waals surface area (Å²) in [6, 6.07) is 24.5. The van der Waals surface area contributed by atoms with Crippen molar-refractivity contribution >= 4 is 38.7 Å². The van der Waals surface area contributed by atoms with Gasteiger partial charge in [-0.3, -0.25) is 9.59 Å². The zero-order valence-electron chi connectivity index (χ0n) is 19.3. The third kappa shape index (κ3) is 4.74.